The van der Waals surface area contributed by atoms with Crippen molar-refractivity contribution in [2.45, 2.75) is 58.8 Å². The largest absolute Gasteiger partial charge is 0.496 e. The van der Waals surface area contributed by atoms with E-state index in [9.17, 15) is 4.79 Å². The fourth-order valence-electron chi connectivity index (χ4n) is 3.31. The van der Waals surface area contributed by atoms with Gasteiger partial charge in [0.05, 0.1) is 7.11 Å². The second-order valence-electron chi connectivity index (χ2n) is 7.69. The van der Waals surface area contributed by atoms with Crippen LogP contribution in [0, 0.1) is 6.92 Å². The van der Waals surface area contributed by atoms with Gasteiger partial charge in [0.2, 0.25) is 0 Å². The summed E-state index contributed by atoms with van der Waals surface area (Å²) in [4.78, 5) is 15.1. The minimum Gasteiger partial charge on any atom is -0.496 e. The molecule has 128 valence electrons. The first-order valence-corrected chi connectivity index (χ1v) is 8.77. The van der Waals surface area contributed by atoms with Crippen LogP contribution in [0.5, 0.6) is 5.75 Å². The van der Waals surface area contributed by atoms with Gasteiger partial charge >= 0.3 is 0 Å². The quantitative estimate of drug-likeness (QED) is 0.756. The fraction of sp³-hybridized carbons (Fsp3) is 0.650. The first-order valence-electron chi connectivity index (χ1n) is 8.77. The van der Waals surface area contributed by atoms with Crippen LogP contribution in [0.15, 0.2) is 12.1 Å². The standard InChI is InChI=1S/C20H31NO2/c1-15-13-19(23-5)17(20(2,3)4)14-16(15)18(22)9-12-21-10-7-6-8-11-21/h13-14H,6-12H2,1-5H3. The zero-order valence-electron chi connectivity index (χ0n) is 15.4. The predicted octanol–water partition coefficient (Wildman–Crippen LogP) is 4.36. The summed E-state index contributed by atoms with van der Waals surface area (Å²) in [5.74, 6) is 1.13. The zero-order chi connectivity index (χ0) is 17.0. The van der Waals surface area contributed by atoms with Crippen LogP contribution in [0.3, 0.4) is 0 Å². The molecule has 1 fully saturated rings. The molecule has 1 aromatic carbocycles. The number of Topliss-reactive ketones (excluding diaryl/α,β-unsaturated/α-hetero) is 1. The van der Waals surface area contributed by atoms with E-state index in [0.717, 1.165) is 42.1 Å². The highest BCUT2D eigenvalue weighted by Gasteiger charge is 2.22. The Morgan fingerprint density at radius 2 is 1.83 bits per heavy atom. The van der Waals surface area contributed by atoms with Gasteiger partial charge in [-0.25, -0.2) is 0 Å². The Labute approximate surface area is 141 Å². The summed E-state index contributed by atoms with van der Waals surface area (Å²) in [6.45, 7) is 11.6. The van der Waals surface area contributed by atoms with E-state index in [-0.39, 0.29) is 11.2 Å². The lowest BCUT2D eigenvalue weighted by molar-refractivity contribution is 0.0958. The maximum absolute atomic E-state index is 12.7. The van der Waals surface area contributed by atoms with Gasteiger partial charge in [0, 0.05) is 24.1 Å². The second-order valence-corrected chi connectivity index (χ2v) is 7.69. The van der Waals surface area contributed by atoms with Crippen molar-refractivity contribution >= 4 is 5.78 Å². The number of aryl methyl sites for hydroxylation is 1. The molecule has 0 amide bonds. The lowest BCUT2D eigenvalue weighted by Gasteiger charge is -2.26. The molecule has 0 spiro atoms. The number of carbonyl (C=O) groups excluding carboxylic acids is 1. The van der Waals surface area contributed by atoms with Crippen LogP contribution in [0.25, 0.3) is 0 Å². The summed E-state index contributed by atoms with van der Waals surface area (Å²) in [5, 5.41) is 0. The maximum Gasteiger partial charge on any atom is 0.164 e. The van der Waals surface area contributed by atoms with Crippen molar-refractivity contribution in [1.29, 1.82) is 0 Å². The molecule has 1 aliphatic rings. The number of ether oxygens (including phenoxy) is 1. The summed E-state index contributed by atoms with van der Waals surface area (Å²) < 4.78 is 5.52. The van der Waals surface area contributed by atoms with Crippen LogP contribution in [-0.2, 0) is 5.41 Å². The summed E-state index contributed by atoms with van der Waals surface area (Å²) in [5.41, 5.74) is 2.93. The van der Waals surface area contributed by atoms with Gasteiger partial charge in [-0.3, -0.25) is 4.79 Å². The number of hydrogen-bond acceptors (Lipinski definition) is 3. The normalized spacial score (nSPS) is 16.4. The molecular formula is C20H31NO2. The molecular weight excluding hydrogens is 286 g/mol. The molecule has 1 saturated heterocycles. The third-order valence-corrected chi connectivity index (χ3v) is 4.76. The molecule has 3 heteroatoms. The molecule has 1 heterocycles. The molecule has 0 N–H and O–H groups in total. The Kier molecular flexibility index (Phi) is 5.85. The van der Waals surface area contributed by atoms with Gasteiger partial charge in [0.25, 0.3) is 0 Å². The molecule has 1 aliphatic heterocycles. The van der Waals surface area contributed by atoms with E-state index in [1.54, 1.807) is 7.11 Å². The Bertz CT molecular complexity index is 551. The molecule has 0 bridgehead atoms. The number of ketones is 1. The van der Waals surface area contributed by atoms with Crippen molar-refractivity contribution < 1.29 is 9.53 Å². The molecule has 0 radical (unpaired) electrons. The number of carbonyl (C=O) groups is 1. The van der Waals surface area contributed by atoms with E-state index in [1.165, 1.54) is 19.3 Å². The average molecular weight is 317 g/mol. The van der Waals surface area contributed by atoms with Crippen molar-refractivity contribution in [3.05, 3.63) is 28.8 Å². The first kappa shape index (κ1) is 18.0. The van der Waals surface area contributed by atoms with E-state index in [4.69, 9.17) is 4.74 Å². The number of benzene rings is 1. The second kappa shape index (κ2) is 7.48. The fourth-order valence-corrected chi connectivity index (χ4v) is 3.31. The van der Waals surface area contributed by atoms with E-state index in [2.05, 4.69) is 25.7 Å². The smallest absolute Gasteiger partial charge is 0.164 e. The summed E-state index contributed by atoms with van der Waals surface area (Å²) in [6, 6.07) is 4.06. The van der Waals surface area contributed by atoms with E-state index < -0.39 is 0 Å². The molecule has 1 aromatic rings. The van der Waals surface area contributed by atoms with E-state index in [0.29, 0.717) is 6.42 Å². The minimum atomic E-state index is -0.0407. The third kappa shape index (κ3) is 4.57. The van der Waals surface area contributed by atoms with Gasteiger partial charge in [0.1, 0.15) is 5.75 Å². The topological polar surface area (TPSA) is 29.5 Å². The maximum atomic E-state index is 12.7. The highest BCUT2D eigenvalue weighted by molar-refractivity contribution is 5.98. The van der Waals surface area contributed by atoms with Crippen molar-refractivity contribution in [1.82, 2.24) is 4.90 Å². The third-order valence-electron chi connectivity index (χ3n) is 4.76. The average Bonchev–Trinajstić information content (AvgIpc) is 2.52. The number of likely N-dealkylation sites (tertiary alicyclic amines) is 1. The molecule has 0 aliphatic carbocycles. The predicted molar refractivity (Wildman–Crippen MR) is 95.7 cm³/mol. The van der Waals surface area contributed by atoms with Crippen LogP contribution < -0.4 is 4.74 Å². The first-order chi connectivity index (χ1) is 10.8. The SMILES string of the molecule is COc1cc(C)c(C(=O)CCN2CCCCC2)cc1C(C)(C)C. The monoisotopic (exact) mass is 317 g/mol. The van der Waals surface area contributed by atoms with Gasteiger partial charge in [-0.15, -0.1) is 0 Å². The zero-order valence-corrected chi connectivity index (χ0v) is 15.4. The highest BCUT2D eigenvalue weighted by atomic mass is 16.5. The Morgan fingerprint density at radius 1 is 1.17 bits per heavy atom. The van der Waals surface area contributed by atoms with Crippen LogP contribution >= 0.6 is 0 Å². The number of methoxy groups -OCH3 is 1. The van der Waals surface area contributed by atoms with Crippen LogP contribution in [-0.4, -0.2) is 37.4 Å². The van der Waals surface area contributed by atoms with E-state index in [1.807, 2.05) is 19.1 Å². The molecule has 23 heavy (non-hydrogen) atoms. The summed E-state index contributed by atoms with van der Waals surface area (Å²) in [6.07, 6.45) is 4.47. The van der Waals surface area contributed by atoms with Crippen LogP contribution in [0.4, 0.5) is 0 Å². The molecule has 0 atom stereocenters. The van der Waals surface area contributed by atoms with E-state index >= 15 is 0 Å². The van der Waals surface area contributed by atoms with Crippen molar-refractivity contribution in [2.75, 3.05) is 26.7 Å². The van der Waals surface area contributed by atoms with Gasteiger partial charge in [-0.1, -0.05) is 27.2 Å². The highest BCUT2D eigenvalue weighted by Crippen LogP contribution is 2.34. The lowest BCUT2D eigenvalue weighted by Crippen LogP contribution is -2.31. The van der Waals surface area contributed by atoms with Crippen LogP contribution in [0.1, 0.15) is 67.9 Å². The Balaban J connectivity index is 2.15. The van der Waals surface area contributed by atoms with Crippen molar-refractivity contribution in [3.63, 3.8) is 0 Å². The van der Waals surface area contributed by atoms with Crippen LogP contribution in [0.2, 0.25) is 0 Å². The number of piperidine rings is 1. The van der Waals surface area contributed by atoms with Gasteiger partial charge in [-0.05, 0) is 56.0 Å². The van der Waals surface area contributed by atoms with Crippen molar-refractivity contribution in [3.8, 4) is 5.75 Å². The van der Waals surface area contributed by atoms with Gasteiger partial charge in [-0.2, -0.15) is 0 Å². The number of nitrogens with zero attached hydrogens (tertiary/aromatic N) is 1. The summed E-state index contributed by atoms with van der Waals surface area (Å²) in [7, 11) is 1.70. The van der Waals surface area contributed by atoms with Crippen molar-refractivity contribution in [2.24, 2.45) is 0 Å². The molecule has 0 unspecified atom stereocenters. The Hall–Kier alpha value is -1.35. The van der Waals surface area contributed by atoms with Gasteiger partial charge < -0.3 is 9.64 Å². The lowest BCUT2D eigenvalue weighted by atomic mass is 9.83. The molecule has 0 saturated carbocycles. The van der Waals surface area contributed by atoms with Gasteiger partial charge in [0.15, 0.2) is 5.78 Å². The number of hydrogen-bond donors (Lipinski definition) is 0. The molecule has 3 nitrogen and oxygen atoms in total. The molecule has 0 aromatic heterocycles. The minimum absolute atomic E-state index is 0.0407. The molecule has 2 rings (SSSR count). The number of rotatable bonds is 5. The Morgan fingerprint density at radius 3 is 2.39 bits per heavy atom. The summed E-state index contributed by atoms with van der Waals surface area (Å²) >= 11 is 0.